The number of aromatic nitrogens is 2. The Hall–Kier alpha value is -1.88. The van der Waals surface area contributed by atoms with Gasteiger partial charge in [0.2, 0.25) is 0 Å². The third kappa shape index (κ3) is 2.38. The van der Waals surface area contributed by atoms with Crippen molar-refractivity contribution in [1.29, 1.82) is 0 Å². The van der Waals surface area contributed by atoms with E-state index in [1.165, 1.54) is 30.6 Å². The molecule has 0 saturated carbocycles. The van der Waals surface area contributed by atoms with Gasteiger partial charge in [-0.15, -0.1) is 0 Å². The van der Waals surface area contributed by atoms with Crippen LogP contribution < -0.4 is 11.1 Å². The first kappa shape index (κ1) is 10.6. The first-order chi connectivity index (χ1) is 7.65. The highest BCUT2D eigenvalue weighted by Crippen LogP contribution is 2.22. The minimum Gasteiger partial charge on any atom is -0.382 e. The van der Waals surface area contributed by atoms with E-state index in [4.69, 9.17) is 17.3 Å². The largest absolute Gasteiger partial charge is 0.382 e. The standard InChI is InChI=1S/C10H8ClFN4/c11-6-1-2-7(12)8(3-6)15-10-5-14-4-9(13)16-10/h1-5H,(H3,13,15,16). The van der Waals surface area contributed by atoms with E-state index in [2.05, 4.69) is 15.3 Å². The van der Waals surface area contributed by atoms with Crippen LogP contribution in [0.5, 0.6) is 0 Å². The maximum atomic E-state index is 13.4. The van der Waals surface area contributed by atoms with Crippen LogP contribution in [0.3, 0.4) is 0 Å². The van der Waals surface area contributed by atoms with Gasteiger partial charge in [0.25, 0.3) is 0 Å². The van der Waals surface area contributed by atoms with Crippen molar-refractivity contribution in [3.05, 3.63) is 41.4 Å². The Morgan fingerprint density at radius 1 is 1.31 bits per heavy atom. The summed E-state index contributed by atoms with van der Waals surface area (Å²) in [5.74, 6) is 0.197. The van der Waals surface area contributed by atoms with E-state index in [0.717, 1.165) is 0 Å². The molecule has 0 radical (unpaired) electrons. The first-order valence-corrected chi connectivity index (χ1v) is 4.82. The number of hydrogen-bond donors (Lipinski definition) is 2. The summed E-state index contributed by atoms with van der Waals surface area (Å²) in [6, 6.07) is 4.19. The fraction of sp³-hybridized carbons (Fsp3) is 0. The SMILES string of the molecule is Nc1cncc(Nc2cc(Cl)ccc2F)n1. The predicted octanol–water partition coefficient (Wildman–Crippen LogP) is 2.59. The molecule has 0 aliphatic carbocycles. The summed E-state index contributed by atoms with van der Waals surface area (Å²) in [6.07, 6.45) is 2.84. The summed E-state index contributed by atoms with van der Waals surface area (Å²) in [4.78, 5) is 7.76. The van der Waals surface area contributed by atoms with Crippen molar-refractivity contribution in [3.8, 4) is 0 Å². The predicted molar refractivity (Wildman–Crippen MR) is 61.1 cm³/mol. The van der Waals surface area contributed by atoms with E-state index in [1.54, 1.807) is 0 Å². The van der Waals surface area contributed by atoms with Crippen LogP contribution in [0.15, 0.2) is 30.6 Å². The number of hydrogen-bond acceptors (Lipinski definition) is 4. The molecule has 1 aromatic heterocycles. The van der Waals surface area contributed by atoms with Gasteiger partial charge < -0.3 is 11.1 Å². The van der Waals surface area contributed by atoms with Crippen molar-refractivity contribution >= 4 is 28.9 Å². The molecule has 6 heteroatoms. The molecule has 1 heterocycles. The van der Waals surface area contributed by atoms with Gasteiger partial charge in [-0.2, -0.15) is 0 Å². The van der Waals surface area contributed by atoms with Gasteiger partial charge in [0.15, 0.2) is 5.82 Å². The van der Waals surface area contributed by atoms with Gasteiger partial charge in [-0.25, -0.2) is 9.37 Å². The molecular weight excluding hydrogens is 231 g/mol. The molecule has 2 rings (SSSR count). The fourth-order valence-corrected chi connectivity index (χ4v) is 1.34. The fourth-order valence-electron chi connectivity index (χ4n) is 1.17. The molecule has 16 heavy (non-hydrogen) atoms. The minimum absolute atomic E-state index is 0.229. The van der Waals surface area contributed by atoms with E-state index in [0.29, 0.717) is 10.8 Å². The Balaban J connectivity index is 2.30. The molecule has 0 spiro atoms. The zero-order chi connectivity index (χ0) is 11.5. The second-order valence-corrected chi connectivity index (χ2v) is 3.51. The molecule has 0 bridgehead atoms. The summed E-state index contributed by atoms with van der Waals surface area (Å²) in [5.41, 5.74) is 5.68. The third-order valence-corrected chi connectivity index (χ3v) is 2.08. The Bertz CT molecular complexity index is 518. The Morgan fingerprint density at radius 3 is 2.88 bits per heavy atom. The zero-order valence-corrected chi connectivity index (χ0v) is 8.87. The van der Waals surface area contributed by atoms with Gasteiger partial charge in [-0.3, -0.25) is 4.98 Å². The van der Waals surface area contributed by atoms with Crippen molar-refractivity contribution in [3.63, 3.8) is 0 Å². The smallest absolute Gasteiger partial charge is 0.151 e. The van der Waals surface area contributed by atoms with Crippen LogP contribution in [0.2, 0.25) is 5.02 Å². The van der Waals surface area contributed by atoms with E-state index in [9.17, 15) is 4.39 Å². The normalized spacial score (nSPS) is 10.1. The Kier molecular flexibility index (Phi) is 2.87. The Labute approximate surface area is 96.3 Å². The molecule has 0 fully saturated rings. The van der Waals surface area contributed by atoms with Gasteiger partial charge >= 0.3 is 0 Å². The molecule has 4 nitrogen and oxygen atoms in total. The molecule has 0 aliphatic rings. The second kappa shape index (κ2) is 4.32. The van der Waals surface area contributed by atoms with E-state index < -0.39 is 5.82 Å². The van der Waals surface area contributed by atoms with E-state index in [1.807, 2.05) is 0 Å². The number of anilines is 3. The minimum atomic E-state index is -0.423. The lowest BCUT2D eigenvalue weighted by Crippen LogP contribution is -1.99. The summed E-state index contributed by atoms with van der Waals surface area (Å²) in [5, 5.41) is 3.17. The van der Waals surface area contributed by atoms with Crippen molar-refractivity contribution in [2.24, 2.45) is 0 Å². The summed E-state index contributed by atoms with van der Waals surface area (Å²) < 4.78 is 13.4. The molecule has 3 N–H and O–H groups in total. The number of rotatable bonds is 2. The number of nitrogens with zero attached hydrogens (tertiary/aromatic N) is 2. The van der Waals surface area contributed by atoms with Gasteiger partial charge in [-0.1, -0.05) is 11.6 Å². The van der Waals surface area contributed by atoms with Crippen LogP contribution in [-0.4, -0.2) is 9.97 Å². The highest BCUT2D eigenvalue weighted by Gasteiger charge is 2.04. The molecule has 1 aromatic carbocycles. The van der Waals surface area contributed by atoms with Crippen molar-refractivity contribution in [2.75, 3.05) is 11.1 Å². The van der Waals surface area contributed by atoms with Gasteiger partial charge in [0.1, 0.15) is 11.6 Å². The third-order valence-electron chi connectivity index (χ3n) is 1.84. The summed E-state index contributed by atoms with van der Waals surface area (Å²) in [6.45, 7) is 0. The zero-order valence-electron chi connectivity index (χ0n) is 8.11. The highest BCUT2D eigenvalue weighted by atomic mass is 35.5. The van der Waals surface area contributed by atoms with Gasteiger partial charge in [0.05, 0.1) is 18.1 Å². The maximum absolute atomic E-state index is 13.4. The van der Waals surface area contributed by atoms with Gasteiger partial charge in [-0.05, 0) is 18.2 Å². The molecule has 2 aromatic rings. The molecule has 0 unspecified atom stereocenters. The Morgan fingerprint density at radius 2 is 2.12 bits per heavy atom. The monoisotopic (exact) mass is 238 g/mol. The quantitative estimate of drug-likeness (QED) is 0.844. The van der Waals surface area contributed by atoms with Crippen LogP contribution in [0.1, 0.15) is 0 Å². The maximum Gasteiger partial charge on any atom is 0.151 e. The number of benzene rings is 1. The van der Waals surface area contributed by atoms with Crippen molar-refractivity contribution in [1.82, 2.24) is 9.97 Å². The van der Waals surface area contributed by atoms with Crippen molar-refractivity contribution in [2.45, 2.75) is 0 Å². The average Bonchev–Trinajstić information content (AvgIpc) is 2.24. The van der Waals surface area contributed by atoms with Crippen LogP contribution in [0.25, 0.3) is 0 Å². The van der Waals surface area contributed by atoms with Crippen LogP contribution in [0, 0.1) is 5.82 Å². The first-order valence-electron chi connectivity index (χ1n) is 4.45. The van der Waals surface area contributed by atoms with E-state index >= 15 is 0 Å². The van der Waals surface area contributed by atoms with Crippen LogP contribution >= 0.6 is 11.6 Å². The summed E-state index contributed by atoms with van der Waals surface area (Å²) >= 11 is 5.75. The lowest BCUT2D eigenvalue weighted by Gasteiger charge is -2.06. The summed E-state index contributed by atoms with van der Waals surface area (Å²) in [7, 11) is 0. The lowest BCUT2D eigenvalue weighted by molar-refractivity contribution is 0.632. The molecular formula is C10H8ClFN4. The average molecular weight is 239 g/mol. The molecule has 0 aliphatic heterocycles. The molecule has 0 amide bonds. The lowest BCUT2D eigenvalue weighted by atomic mass is 10.3. The van der Waals surface area contributed by atoms with Gasteiger partial charge in [0, 0.05) is 5.02 Å². The molecule has 82 valence electrons. The van der Waals surface area contributed by atoms with Crippen molar-refractivity contribution < 1.29 is 4.39 Å². The van der Waals surface area contributed by atoms with Crippen LogP contribution in [0.4, 0.5) is 21.7 Å². The molecule has 0 saturated heterocycles. The molecule has 0 atom stereocenters. The van der Waals surface area contributed by atoms with E-state index in [-0.39, 0.29) is 11.5 Å². The topological polar surface area (TPSA) is 63.8 Å². The number of nitrogen functional groups attached to an aromatic ring is 1. The second-order valence-electron chi connectivity index (χ2n) is 3.08. The number of nitrogens with one attached hydrogen (secondary N) is 1. The number of halogens is 2. The highest BCUT2D eigenvalue weighted by molar-refractivity contribution is 6.30. The van der Waals surface area contributed by atoms with Crippen LogP contribution in [-0.2, 0) is 0 Å². The number of nitrogens with two attached hydrogens (primary N) is 1.